The van der Waals surface area contributed by atoms with E-state index < -0.39 is 0 Å². The van der Waals surface area contributed by atoms with Gasteiger partial charge >= 0.3 is 6.03 Å². The summed E-state index contributed by atoms with van der Waals surface area (Å²) in [7, 11) is 2.14. The Kier molecular flexibility index (Phi) is 5.15. The van der Waals surface area contributed by atoms with Gasteiger partial charge < -0.3 is 19.6 Å². The van der Waals surface area contributed by atoms with Crippen molar-refractivity contribution in [3.8, 4) is 0 Å². The molecule has 0 spiro atoms. The average molecular weight is 321 g/mol. The van der Waals surface area contributed by atoms with E-state index in [0.717, 1.165) is 44.9 Å². The van der Waals surface area contributed by atoms with Crippen molar-refractivity contribution in [2.75, 3.05) is 39.8 Å². The first-order valence-electron chi connectivity index (χ1n) is 8.69. The molecule has 1 N–H and O–H groups in total. The first kappa shape index (κ1) is 16.2. The van der Waals surface area contributed by atoms with Gasteiger partial charge in [-0.3, -0.25) is 0 Å². The van der Waals surface area contributed by atoms with Crippen LogP contribution in [-0.4, -0.2) is 65.7 Å². The van der Waals surface area contributed by atoms with Gasteiger partial charge in [0.25, 0.3) is 0 Å². The van der Waals surface area contributed by atoms with E-state index in [-0.39, 0.29) is 6.03 Å². The number of nitrogens with zero attached hydrogens (tertiary/aromatic N) is 4. The number of likely N-dealkylation sites (tertiary alicyclic amines) is 1. The Morgan fingerprint density at radius 2 is 2.26 bits per heavy atom. The number of aromatic nitrogens is 2. The highest BCUT2D eigenvalue weighted by Crippen LogP contribution is 2.38. The Hall–Kier alpha value is -1.63. The lowest BCUT2D eigenvalue weighted by Crippen LogP contribution is -2.43. The lowest BCUT2D eigenvalue weighted by atomic mass is 10.1. The van der Waals surface area contributed by atoms with Gasteiger partial charge in [-0.1, -0.05) is 5.16 Å². The van der Waals surface area contributed by atoms with Crippen molar-refractivity contribution in [1.29, 1.82) is 0 Å². The molecule has 1 aliphatic carbocycles. The zero-order chi connectivity index (χ0) is 16.2. The number of carbonyl (C=O) groups is 1. The number of urea groups is 1. The summed E-state index contributed by atoms with van der Waals surface area (Å²) in [6.45, 7) is 6.35. The Balaban J connectivity index is 1.39. The van der Waals surface area contributed by atoms with Crippen molar-refractivity contribution in [2.24, 2.45) is 5.92 Å². The summed E-state index contributed by atoms with van der Waals surface area (Å²) in [5, 5.41) is 6.95. The van der Waals surface area contributed by atoms with E-state index in [2.05, 4.69) is 27.4 Å². The number of carbonyl (C=O) groups excluding carboxylic acids is 1. The van der Waals surface area contributed by atoms with E-state index in [9.17, 15) is 4.79 Å². The molecule has 23 heavy (non-hydrogen) atoms. The number of hydrogen-bond donors (Lipinski definition) is 1. The first-order chi connectivity index (χ1) is 11.2. The van der Waals surface area contributed by atoms with E-state index in [4.69, 9.17) is 4.52 Å². The van der Waals surface area contributed by atoms with Crippen molar-refractivity contribution in [2.45, 2.75) is 38.5 Å². The largest absolute Gasteiger partial charge is 0.339 e. The second-order valence-corrected chi connectivity index (χ2v) is 6.76. The normalized spacial score (nSPS) is 21.6. The lowest BCUT2D eigenvalue weighted by molar-refractivity contribution is 0.191. The molecule has 2 fully saturated rings. The van der Waals surface area contributed by atoms with E-state index in [0.29, 0.717) is 30.6 Å². The van der Waals surface area contributed by atoms with Crippen LogP contribution in [0.4, 0.5) is 4.79 Å². The molecule has 0 bridgehead atoms. The number of rotatable bonds is 7. The summed E-state index contributed by atoms with van der Waals surface area (Å²) in [5.41, 5.74) is 0. The van der Waals surface area contributed by atoms with Crippen LogP contribution in [0.15, 0.2) is 4.52 Å². The maximum absolute atomic E-state index is 12.3. The number of nitrogens with one attached hydrogen (secondary N) is 1. The molecular formula is C16H27N5O2. The lowest BCUT2D eigenvalue weighted by Gasteiger charge is -2.24. The van der Waals surface area contributed by atoms with Crippen LogP contribution in [0.2, 0.25) is 0 Å². The first-order valence-corrected chi connectivity index (χ1v) is 8.69. The third-order valence-electron chi connectivity index (χ3n) is 4.67. The quantitative estimate of drug-likeness (QED) is 0.823. The van der Waals surface area contributed by atoms with Crippen molar-refractivity contribution in [3.63, 3.8) is 0 Å². The second-order valence-electron chi connectivity index (χ2n) is 6.76. The summed E-state index contributed by atoms with van der Waals surface area (Å²) in [5.74, 6) is 2.51. The molecule has 1 aromatic heterocycles. The van der Waals surface area contributed by atoms with Crippen LogP contribution in [0, 0.1) is 5.92 Å². The predicted molar refractivity (Wildman–Crippen MR) is 86.2 cm³/mol. The highest BCUT2D eigenvalue weighted by molar-refractivity contribution is 5.74. The van der Waals surface area contributed by atoms with Gasteiger partial charge in [-0.05, 0) is 45.7 Å². The number of amides is 2. The molecule has 0 radical (unpaired) electrons. The fourth-order valence-electron chi connectivity index (χ4n) is 3.10. The minimum atomic E-state index is 0.00737. The van der Waals surface area contributed by atoms with Gasteiger partial charge in [0.1, 0.15) is 0 Å². The number of hydrogen-bond acceptors (Lipinski definition) is 5. The molecule has 2 amide bonds. The SMILES string of the molecule is CCN(C[C@@H]1CCN(C)C1)C(=O)NCCc1noc(C2CC2)n1. The molecule has 1 saturated heterocycles. The van der Waals surface area contributed by atoms with Crippen LogP contribution < -0.4 is 5.32 Å². The van der Waals surface area contributed by atoms with Crippen LogP contribution in [0.1, 0.15) is 43.8 Å². The van der Waals surface area contributed by atoms with Gasteiger partial charge in [-0.2, -0.15) is 4.98 Å². The maximum Gasteiger partial charge on any atom is 0.317 e. The topological polar surface area (TPSA) is 74.5 Å². The third-order valence-corrected chi connectivity index (χ3v) is 4.67. The molecule has 7 nitrogen and oxygen atoms in total. The van der Waals surface area contributed by atoms with Crippen LogP contribution in [0.25, 0.3) is 0 Å². The average Bonchev–Trinajstić information content (AvgIpc) is 3.15. The molecule has 2 aliphatic rings. The summed E-state index contributed by atoms with van der Waals surface area (Å²) in [4.78, 5) is 20.9. The third kappa shape index (κ3) is 4.43. The van der Waals surface area contributed by atoms with Crippen LogP contribution in [0.5, 0.6) is 0 Å². The smallest absolute Gasteiger partial charge is 0.317 e. The van der Waals surface area contributed by atoms with Crippen molar-refractivity contribution in [1.82, 2.24) is 25.3 Å². The van der Waals surface area contributed by atoms with Gasteiger partial charge in [0.15, 0.2) is 5.82 Å². The summed E-state index contributed by atoms with van der Waals surface area (Å²) in [6.07, 6.45) is 4.10. The van der Waals surface area contributed by atoms with E-state index in [1.807, 2.05) is 11.8 Å². The highest BCUT2D eigenvalue weighted by atomic mass is 16.5. The standard InChI is InChI=1S/C16H27N5O2/c1-3-21(11-12-7-9-20(2)10-12)16(22)17-8-6-14-18-15(23-19-14)13-4-5-13/h12-13H,3-11H2,1-2H3,(H,17,22)/t12-/m1/s1. The van der Waals surface area contributed by atoms with Crippen molar-refractivity contribution in [3.05, 3.63) is 11.7 Å². The zero-order valence-electron chi connectivity index (χ0n) is 14.1. The summed E-state index contributed by atoms with van der Waals surface area (Å²) in [6, 6.07) is 0.00737. The van der Waals surface area contributed by atoms with Gasteiger partial charge in [-0.15, -0.1) is 0 Å². The monoisotopic (exact) mass is 321 g/mol. The predicted octanol–water partition coefficient (Wildman–Crippen LogP) is 1.47. The van der Waals surface area contributed by atoms with Crippen molar-refractivity contribution < 1.29 is 9.32 Å². The molecule has 128 valence electrons. The Labute approximate surface area is 137 Å². The minimum Gasteiger partial charge on any atom is -0.339 e. The van der Waals surface area contributed by atoms with E-state index >= 15 is 0 Å². The Morgan fingerprint density at radius 1 is 1.43 bits per heavy atom. The van der Waals surface area contributed by atoms with Gasteiger partial charge in [0, 0.05) is 38.5 Å². The highest BCUT2D eigenvalue weighted by Gasteiger charge is 2.29. The maximum atomic E-state index is 12.3. The fourth-order valence-corrected chi connectivity index (χ4v) is 3.10. The van der Waals surface area contributed by atoms with E-state index in [1.165, 1.54) is 6.42 Å². The second kappa shape index (κ2) is 7.29. The Bertz CT molecular complexity index is 528. The summed E-state index contributed by atoms with van der Waals surface area (Å²) >= 11 is 0. The van der Waals surface area contributed by atoms with Gasteiger partial charge in [0.05, 0.1) is 0 Å². The molecule has 0 unspecified atom stereocenters. The summed E-state index contributed by atoms with van der Waals surface area (Å²) < 4.78 is 5.22. The zero-order valence-corrected chi connectivity index (χ0v) is 14.1. The molecular weight excluding hydrogens is 294 g/mol. The molecule has 2 heterocycles. The molecule has 1 atom stereocenters. The molecule has 3 rings (SSSR count). The molecule has 7 heteroatoms. The fraction of sp³-hybridized carbons (Fsp3) is 0.812. The van der Waals surface area contributed by atoms with Gasteiger partial charge in [-0.25, -0.2) is 4.79 Å². The molecule has 0 aromatic carbocycles. The van der Waals surface area contributed by atoms with Crippen LogP contribution in [0.3, 0.4) is 0 Å². The Morgan fingerprint density at radius 3 is 2.91 bits per heavy atom. The van der Waals surface area contributed by atoms with Crippen molar-refractivity contribution >= 4 is 6.03 Å². The minimum absolute atomic E-state index is 0.00737. The van der Waals surface area contributed by atoms with Crippen LogP contribution in [-0.2, 0) is 6.42 Å². The van der Waals surface area contributed by atoms with Gasteiger partial charge in [0.2, 0.25) is 5.89 Å². The molecule has 1 aromatic rings. The van der Waals surface area contributed by atoms with Crippen LogP contribution >= 0.6 is 0 Å². The molecule has 1 saturated carbocycles. The van der Waals surface area contributed by atoms with E-state index in [1.54, 1.807) is 0 Å². The molecule has 1 aliphatic heterocycles.